The molecule has 9 nitrogen and oxygen atoms in total. The van der Waals surface area contributed by atoms with Crippen molar-refractivity contribution in [3.63, 3.8) is 0 Å². The second kappa shape index (κ2) is 11.3. The molecule has 1 fully saturated rings. The second-order valence-corrected chi connectivity index (χ2v) is 11.7. The third-order valence-corrected chi connectivity index (χ3v) is 7.90. The normalized spacial score (nSPS) is 15.0. The zero-order chi connectivity index (χ0) is 27.6. The Bertz CT molecular complexity index is 1570. The first-order valence-corrected chi connectivity index (χ1v) is 14.4. The molecule has 1 saturated heterocycles. The summed E-state index contributed by atoms with van der Waals surface area (Å²) in [5.74, 6) is -1.59. The van der Waals surface area contributed by atoms with Crippen LogP contribution in [0, 0.1) is 10.5 Å². The number of nitrogens with zero attached hydrogens (tertiary/aromatic N) is 1. The lowest BCUT2D eigenvalue weighted by molar-refractivity contribution is -0.122. The summed E-state index contributed by atoms with van der Waals surface area (Å²) in [7, 11) is -4.16. The lowest BCUT2D eigenvalue weighted by Crippen LogP contribution is -2.54. The molecular weight excluding hydrogens is 691 g/mol. The van der Waals surface area contributed by atoms with Crippen LogP contribution in [0.5, 0.6) is 11.5 Å². The van der Waals surface area contributed by atoms with Gasteiger partial charge >= 0.3 is 16.1 Å². The van der Waals surface area contributed by atoms with E-state index < -0.39 is 28.0 Å². The van der Waals surface area contributed by atoms with Crippen molar-refractivity contribution in [2.24, 2.45) is 0 Å². The van der Waals surface area contributed by atoms with Crippen LogP contribution in [0.15, 0.2) is 75.6 Å². The van der Waals surface area contributed by atoms with E-state index in [1.165, 1.54) is 30.3 Å². The van der Waals surface area contributed by atoms with E-state index in [0.29, 0.717) is 9.13 Å². The first-order chi connectivity index (χ1) is 18.0. The molecular formula is C26H20BrIN2O7S. The fourth-order valence-corrected chi connectivity index (χ4v) is 5.63. The molecule has 3 aromatic carbocycles. The molecule has 3 aromatic rings. The molecule has 0 aromatic heterocycles. The number of benzene rings is 3. The van der Waals surface area contributed by atoms with E-state index in [0.717, 1.165) is 14.9 Å². The molecule has 1 heterocycles. The third kappa shape index (κ3) is 5.92. The number of ether oxygens (including phenoxy) is 1. The Balaban J connectivity index is 1.72. The Labute approximate surface area is 241 Å². The topological polar surface area (TPSA) is 119 Å². The number of anilines is 1. The van der Waals surface area contributed by atoms with E-state index in [1.54, 1.807) is 43.3 Å². The molecule has 4 amide bonds. The summed E-state index contributed by atoms with van der Waals surface area (Å²) in [5.41, 5.74) is 1.25. The highest BCUT2D eigenvalue weighted by Crippen LogP contribution is 2.37. The van der Waals surface area contributed by atoms with Crippen molar-refractivity contribution < 1.29 is 31.7 Å². The summed E-state index contributed by atoms with van der Waals surface area (Å²) in [5, 5.41) is 2.17. The number of imide groups is 2. The second-order valence-electron chi connectivity index (χ2n) is 8.05. The van der Waals surface area contributed by atoms with Gasteiger partial charge in [0.2, 0.25) is 0 Å². The molecule has 1 N–H and O–H groups in total. The van der Waals surface area contributed by atoms with Crippen molar-refractivity contribution in [1.29, 1.82) is 0 Å². The van der Waals surface area contributed by atoms with Crippen molar-refractivity contribution in [3.05, 3.63) is 85.4 Å². The van der Waals surface area contributed by atoms with Crippen LogP contribution in [-0.2, 0) is 19.7 Å². The van der Waals surface area contributed by atoms with E-state index in [4.69, 9.17) is 8.92 Å². The van der Waals surface area contributed by atoms with Gasteiger partial charge in [0.25, 0.3) is 11.8 Å². The number of halogens is 2. The van der Waals surface area contributed by atoms with Crippen LogP contribution in [-0.4, -0.2) is 32.9 Å². The molecule has 0 saturated carbocycles. The number of carbonyl (C=O) groups is 3. The first kappa shape index (κ1) is 27.8. The Morgan fingerprint density at radius 1 is 1.03 bits per heavy atom. The van der Waals surface area contributed by atoms with Gasteiger partial charge < -0.3 is 8.92 Å². The van der Waals surface area contributed by atoms with Crippen molar-refractivity contribution in [1.82, 2.24) is 5.32 Å². The minimum Gasteiger partial charge on any atom is -0.490 e. The Kier molecular flexibility index (Phi) is 8.23. The van der Waals surface area contributed by atoms with Crippen molar-refractivity contribution in [3.8, 4) is 11.5 Å². The summed E-state index contributed by atoms with van der Waals surface area (Å²) in [4.78, 5) is 39.1. The maximum atomic E-state index is 13.2. The highest BCUT2D eigenvalue weighted by Gasteiger charge is 2.37. The Morgan fingerprint density at radius 2 is 1.68 bits per heavy atom. The van der Waals surface area contributed by atoms with Gasteiger partial charge in [0, 0.05) is 4.47 Å². The third-order valence-electron chi connectivity index (χ3n) is 5.33. The summed E-state index contributed by atoms with van der Waals surface area (Å²) in [6.07, 6.45) is 1.30. The first-order valence-electron chi connectivity index (χ1n) is 11.1. The van der Waals surface area contributed by atoms with E-state index in [1.807, 2.05) is 29.5 Å². The van der Waals surface area contributed by atoms with E-state index in [2.05, 4.69) is 21.2 Å². The van der Waals surface area contributed by atoms with Crippen LogP contribution in [0.2, 0.25) is 0 Å². The number of amides is 4. The predicted octanol–water partition coefficient (Wildman–Crippen LogP) is 5.19. The fourth-order valence-electron chi connectivity index (χ4n) is 3.53. The average molecular weight is 711 g/mol. The van der Waals surface area contributed by atoms with Gasteiger partial charge in [0.1, 0.15) is 10.5 Å². The quantitative estimate of drug-likeness (QED) is 0.155. The number of barbiturate groups is 1. The van der Waals surface area contributed by atoms with Gasteiger partial charge in [0.05, 0.1) is 15.9 Å². The maximum absolute atomic E-state index is 13.2. The van der Waals surface area contributed by atoms with Crippen LogP contribution in [0.25, 0.3) is 6.08 Å². The molecule has 4 rings (SSSR count). The lowest BCUT2D eigenvalue weighted by Gasteiger charge is -2.26. The van der Waals surface area contributed by atoms with E-state index in [-0.39, 0.29) is 34.3 Å². The Morgan fingerprint density at radius 3 is 2.32 bits per heavy atom. The van der Waals surface area contributed by atoms with E-state index >= 15 is 0 Å². The molecule has 0 bridgehead atoms. The van der Waals surface area contributed by atoms with Gasteiger partial charge in [-0.25, -0.2) is 9.69 Å². The smallest absolute Gasteiger partial charge is 0.339 e. The summed E-state index contributed by atoms with van der Waals surface area (Å²) < 4.78 is 38.0. The number of aryl methyl sites for hydroxylation is 1. The number of nitrogens with one attached hydrogen (secondary N) is 1. The maximum Gasteiger partial charge on any atom is 0.339 e. The number of rotatable bonds is 7. The minimum absolute atomic E-state index is 0.0188. The predicted molar refractivity (Wildman–Crippen MR) is 152 cm³/mol. The van der Waals surface area contributed by atoms with Crippen LogP contribution in [0.1, 0.15) is 18.1 Å². The van der Waals surface area contributed by atoms with Gasteiger partial charge in [-0.3, -0.25) is 14.9 Å². The highest BCUT2D eigenvalue weighted by molar-refractivity contribution is 14.1. The number of carbonyl (C=O) groups excluding carboxylic acids is 3. The number of urea groups is 1. The highest BCUT2D eigenvalue weighted by atomic mass is 127. The molecule has 0 atom stereocenters. The molecule has 196 valence electrons. The lowest BCUT2D eigenvalue weighted by atomic mass is 10.1. The molecule has 1 aliphatic rings. The molecule has 1 aliphatic heterocycles. The van der Waals surface area contributed by atoms with Crippen LogP contribution in [0.4, 0.5) is 10.5 Å². The molecule has 12 heteroatoms. The number of hydrogen-bond donors (Lipinski definition) is 1. The largest absolute Gasteiger partial charge is 0.490 e. The van der Waals surface area contributed by atoms with Gasteiger partial charge in [-0.2, -0.15) is 8.42 Å². The SMILES string of the molecule is CCOc1cc(/C=C2\C(=O)NC(=O)N(c3ccc(Br)cc3)C2=O)cc(I)c1OS(=O)(=O)c1ccc(C)cc1. The van der Waals surface area contributed by atoms with Crippen molar-refractivity contribution in [2.45, 2.75) is 18.7 Å². The number of hydrogen-bond acceptors (Lipinski definition) is 7. The summed E-state index contributed by atoms with van der Waals surface area (Å²) >= 11 is 5.19. The fraction of sp³-hybridized carbons (Fsp3) is 0.115. The van der Waals surface area contributed by atoms with Crippen LogP contribution >= 0.6 is 38.5 Å². The van der Waals surface area contributed by atoms with Gasteiger partial charge in [-0.15, -0.1) is 0 Å². The van der Waals surface area contributed by atoms with Crippen molar-refractivity contribution in [2.75, 3.05) is 11.5 Å². The standard InChI is InChI=1S/C26H20BrIN2O7S/c1-3-36-22-14-16(13-21(28)23(22)37-38(34,35)19-10-4-15(2)5-11-19)12-20-24(31)29-26(33)30(25(20)32)18-8-6-17(27)7-9-18/h4-14H,3H2,1-2H3,(H,29,31,33)/b20-12+. The summed E-state index contributed by atoms with van der Waals surface area (Å²) in [6, 6.07) is 14.8. The zero-order valence-electron chi connectivity index (χ0n) is 20.0. The summed E-state index contributed by atoms with van der Waals surface area (Å²) in [6.45, 7) is 3.75. The molecule has 0 spiro atoms. The van der Waals surface area contributed by atoms with Gasteiger partial charge in [-0.1, -0.05) is 33.6 Å². The molecule has 0 radical (unpaired) electrons. The van der Waals surface area contributed by atoms with Gasteiger partial charge in [0.15, 0.2) is 11.5 Å². The molecule has 0 unspecified atom stereocenters. The van der Waals surface area contributed by atoms with Crippen molar-refractivity contribution >= 4 is 78.2 Å². The van der Waals surface area contributed by atoms with Crippen LogP contribution < -0.4 is 19.1 Å². The monoisotopic (exact) mass is 710 g/mol. The molecule has 38 heavy (non-hydrogen) atoms. The molecule has 0 aliphatic carbocycles. The van der Waals surface area contributed by atoms with E-state index in [9.17, 15) is 22.8 Å². The minimum atomic E-state index is -4.16. The van der Waals surface area contributed by atoms with Gasteiger partial charge in [-0.05, 0) is 96.6 Å². The zero-order valence-corrected chi connectivity index (χ0v) is 24.6. The van der Waals surface area contributed by atoms with Crippen LogP contribution in [0.3, 0.4) is 0 Å². The Hall–Kier alpha value is -3.23. The average Bonchev–Trinajstić information content (AvgIpc) is 2.85.